The summed E-state index contributed by atoms with van der Waals surface area (Å²) in [7, 11) is 0. The summed E-state index contributed by atoms with van der Waals surface area (Å²) in [5.74, 6) is 1.17. The van der Waals surface area contributed by atoms with Crippen LogP contribution in [0.4, 0.5) is 10.6 Å². The van der Waals surface area contributed by atoms with Crippen molar-refractivity contribution in [3.63, 3.8) is 0 Å². The van der Waals surface area contributed by atoms with Crippen LogP contribution < -0.4 is 10.6 Å². The number of carbonyl (C=O) groups is 1. The molecule has 1 aliphatic heterocycles. The van der Waals surface area contributed by atoms with Crippen molar-refractivity contribution in [2.45, 2.75) is 37.7 Å². The SMILES string of the molecule is C[C@]1(CNC(=O)Nc2cccc(C3CC3)n2)OCCc2sccc21. The van der Waals surface area contributed by atoms with Crippen LogP contribution in [0.3, 0.4) is 0 Å². The van der Waals surface area contributed by atoms with Gasteiger partial charge in [0.2, 0.25) is 0 Å². The van der Waals surface area contributed by atoms with Gasteiger partial charge in [-0.15, -0.1) is 11.3 Å². The molecule has 0 bridgehead atoms. The summed E-state index contributed by atoms with van der Waals surface area (Å²) in [4.78, 5) is 18.1. The van der Waals surface area contributed by atoms with E-state index in [-0.39, 0.29) is 6.03 Å². The van der Waals surface area contributed by atoms with Crippen LogP contribution in [0.2, 0.25) is 0 Å². The number of hydrogen-bond donors (Lipinski definition) is 2. The molecule has 4 rings (SSSR count). The van der Waals surface area contributed by atoms with Gasteiger partial charge in [-0.3, -0.25) is 5.32 Å². The highest BCUT2D eigenvalue weighted by Crippen LogP contribution is 2.39. The molecule has 2 N–H and O–H groups in total. The van der Waals surface area contributed by atoms with Gasteiger partial charge in [0.15, 0.2) is 0 Å². The number of anilines is 1. The normalized spacial score (nSPS) is 22.7. The Labute approximate surface area is 145 Å². The second-order valence-electron chi connectivity index (χ2n) is 6.62. The van der Waals surface area contributed by atoms with Crippen molar-refractivity contribution < 1.29 is 9.53 Å². The van der Waals surface area contributed by atoms with Gasteiger partial charge in [-0.1, -0.05) is 6.07 Å². The molecule has 1 aliphatic carbocycles. The van der Waals surface area contributed by atoms with Gasteiger partial charge in [-0.25, -0.2) is 9.78 Å². The molecule has 3 heterocycles. The topological polar surface area (TPSA) is 63.2 Å². The predicted octanol–water partition coefficient (Wildman–Crippen LogP) is 3.63. The molecule has 0 spiro atoms. The van der Waals surface area contributed by atoms with Crippen molar-refractivity contribution in [1.29, 1.82) is 0 Å². The lowest BCUT2D eigenvalue weighted by Gasteiger charge is -2.34. The number of aromatic nitrogens is 1. The average Bonchev–Trinajstić information content (AvgIpc) is 3.31. The molecular formula is C18H21N3O2S. The molecule has 2 aromatic heterocycles. The molecule has 2 aromatic rings. The van der Waals surface area contributed by atoms with E-state index in [1.165, 1.54) is 23.3 Å². The smallest absolute Gasteiger partial charge is 0.320 e. The Morgan fingerprint density at radius 1 is 1.42 bits per heavy atom. The van der Waals surface area contributed by atoms with E-state index in [1.807, 2.05) is 25.1 Å². The maximum absolute atomic E-state index is 12.2. The summed E-state index contributed by atoms with van der Waals surface area (Å²) in [5.41, 5.74) is 1.79. The van der Waals surface area contributed by atoms with Gasteiger partial charge in [0.1, 0.15) is 11.4 Å². The maximum Gasteiger partial charge on any atom is 0.320 e. The maximum atomic E-state index is 12.2. The summed E-state index contributed by atoms with van der Waals surface area (Å²) >= 11 is 1.76. The Kier molecular flexibility index (Phi) is 4.02. The fourth-order valence-electron chi connectivity index (χ4n) is 3.14. The van der Waals surface area contributed by atoms with E-state index in [1.54, 1.807) is 11.3 Å². The van der Waals surface area contributed by atoms with Crippen molar-refractivity contribution in [3.8, 4) is 0 Å². The molecule has 0 radical (unpaired) electrons. The average molecular weight is 343 g/mol. The second-order valence-corrected chi connectivity index (χ2v) is 7.62. The number of nitrogens with one attached hydrogen (secondary N) is 2. The molecule has 1 saturated carbocycles. The van der Waals surface area contributed by atoms with Gasteiger partial charge < -0.3 is 10.1 Å². The third-order valence-corrected chi connectivity index (χ3v) is 5.64. The van der Waals surface area contributed by atoms with Crippen molar-refractivity contribution in [3.05, 3.63) is 45.8 Å². The van der Waals surface area contributed by atoms with Crippen LogP contribution in [0.1, 0.15) is 41.8 Å². The fraction of sp³-hybridized carbons (Fsp3) is 0.444. The van der Waals surface area contributed by atoms with Crippen LogP contribution in [0.15, 0.2) is 29.6 Å². The van der Waals surface area contributed by atoms with Gasteiger partial charge in [0, 0.05) is 22.9 Å². The van der Waals surface area contributed by atoms with Crippen LogP contribution in [-0.2, 0) is 16.8 Å². The molecule has 0 unspecified atom stereocenters. The largest absolute Gasteiger partial charge is 0.368 e. The van der Waals surface area contributed by atoms with Crippen LogP contribution in [0.5, 0.6) is 0 Å². The molecule has 6 heteroatoms. The van der Waals surface area contributed by atoms with Gasteiger partial charge in [0.25, 0.3) is 0 Å². The molecular weight excluding hydrogens is 322 g/mol. The summed E-state index contributed by atoms with van der Waals surface area (Å²) in [5, 5.41) is 7.84. The fourth-order valence-corrected chi connectivity index (χ4v) is 4.12. The lowest BCUT2D eigenvalue weighted by Crippen LogP contribution is -2.44. The molecule has 0 aromatic carbocycles. The van der Waals surface area contributed by atoms with E-state index in [2.05, 4.69) is 27.1 Å². The molecule has 24 heavy (non-hydrogen) atoms. The number of nitrogens with zero attached hydrogens (tertiary/aromatic N) is 1. The number of urea groups is 1. The standard InChI is InChI=1S/C18H21N3O2S/c1-18(13-8-10-24-15(13)7-9-23-18)11-19-17(22)21-16-4-2-3-14(20-16)12-5-6-12/h2-4,8,10,12H,5-7,9,11H2,1H3,(H2,19,20,21,22)/t18-/m1/s1. The second kappa shape index (κ2) is 6.18. The third-order valence-electron chi connectivity index (χ3n) is 4.66. The number of rotatable bonds is 4. The molecule has 2 amide bonds. The van der Waals surface area contributed by atoms with Crippen molar-refractivity contribution in [2.24, 2.45) is 0 Å². The number of hydrogen-bond acceptors (Lipinski definition) is 4. The number of amides is 2. The summed E-state index contributed by atoms with van der Waals surface area (Å²) in [6, 6.07) is 7.64. The number of ether oxygens (including phenoxy) is 1. The van der Waals surface area contributed by atoms with Gasteiger partial charge in [-0.05, 0) is 48.9 Å². The highest BCUT2D eigenvalue weighted by atomic mass is 32.1. The van der Waals surface area contributed by atoms with E-state index in [4.69, 9.17) is 4.74 Å². The molecule has 1 fully saturated rings. The van der Waals surface area contributed by atoms with Crippen LogP contribution in [-0.4, -0.2) is 24.2 Å². The number of thiophene rings is 1. The zero-order valence-electron chi connectivity index (χ0n) is 13.7. The first kappa shape index (κ1) is 15.6. The Morgan fingerprint density at radius 3 is 3.12 bits per heavy atom. The molecule has 0 saturated heterocycles. The summed E-state index contributed by atoms with van der Waals surface area (Å²) in [6.07, 6.45) is 3.34. The Morgan fingerprint density at radius 2 is 2.29 bits per heavy atom. The first-order chi connectivity index (χ1) is 11.6. The van der Waals surface area contributed by atoms with Crippen LogP contribution in [0.25, 0.3) is 0 Å². The van der Waals surface area contributed by atoms with E-state index in [0.29, 0.717) is 24.9 Å². The Bertz CT molecular complexity index is 756. The van der Waals surface area contributed by atoms with E-state index < -0.39 is 5.60 Å². The van der Waals surface area contributed by atoms with Gasteiger partial charge in [0.05, 0.1) is 13.2 Å². The summed E-state index contributed by atoms with van der Waals surface area (Å²) in [6.45, 7) is 3.16. The zero-order valence-corrected chi connectivity index (χ0v) is 14.5. The first-order valence-electron chi connectivity index (χ1n) is 8.37. The van der Waals surface area contributed by atoms with Gasteiger partial charge >= 0.3 is 6.03 Å². The minimum atomic E-state index is -0.464. The number of fused-ring (bicyclic) bond motifs is 1. The highest BCUT2D eigenvalue weighted by molar-refractivity contribution is 7.10. The zero-order chi connectivity index (χ0) is 16.6. The molecule has 126 valence electrons. The van der Waals surface area contributed by atoms with E-state index >= 15 is 0 Å². The van der Waals surface area contributed by atoms with E-state index in [9.17, 15) is 4.79 Å². The monoisotopic (exact) mass is 343 g/mol. The lowest BCUT2D eigenvalue weighted by molar-refractivity contribution is -0.0416. The Balaban J connectivity index is 1.38. The predicted molar refractivity (Wildman–Crippen MR) is 94.6 cm³/mol. The molecule has 5 nitrogen and oxygen atoms in total. The lowest BCUT2D eigenvalue weighted by atomic mass is 9.93. The minimum absolute atomic E-state index is 0.248. The molecule has 1 atom stereocenters. The third kappa shape index (κ3) is 3.16. The quantitative estimate of drug-likeness (QED) is 0.891. The van der Waals surface area contributed by atoms with Gasteiger partial charge in [-0.2, -0.15) is 0 Å². The van der Waals surface area contributed by atoms with Crippen molar-refractivity contribution >= 4 is 23.2 Å². The Hall–Kier alpha value is -1.92. The van der Waals surface area contributed by atoms with E-state index in [0.717, 1.165) is 12.1 Å². The minimum Gasteiger partial charge on any atom is -0.368 e. The van der Waals surface area contributed by atoms with Crippen molar-refractivity contribution in [2.75, 3.05) is 18.5 Å². The van der Waals surface area contributed by atoms with Crippen molar-refractivity contribution in [1.82, 2.24) is 10.3 Å². The number of carbonyl (C=O) groups excluding carboxylic acids is 1. The summed E-state index contributed by atoms with van der Waals surface area (Å²) < 4.78 is 5.96. The van der Waals surface area contributed by atoms with Crippen LogP contribution in [0, 0.1) is 0 Å². The molecule has 2 aliphatic rings. The highest BCUT2D eigenvalue weighted by Gasteiger charge is 2.34. The number of pyridine rings is 1. The first-order valence-corrected chi connectivity index (χ1v) is 9.25. The van der Waals surface area contributed by atoms with Crippen LogP contribution >= 0.6 is 11.3 Å².